The molecular formula is C19H26FN3O3S. The van der Waals surface area contributed by atoms with Crippen LogP contribution in [0, 0.1) is 11.7 Å². The number of halogens is 1. The number of benzene rings is 1. The molecular weight excluding hydrogens is 369 g/mol. The molecule has 2 N–H and O–H groups in total. The van der Waals surface area contributed by atoms with E-state index >= 15 is 0 Å². The maximum Gasteiger partial charge on any atom is 0.408 e. The minimum atomic E-state index is -0.690. The van der Waals surface area contributed by atoms with Gasteiger partial charge in [0.15, 0.2) is 0 Å². The summed E-state index contributed by atoms with van der Waals surface area (Å²) in [5.41, 5.74) is 0.114. The average molecular weight is 396 g/mol. The molecule has 0 unspecified atom stereocenters. The van der Waals surface area contributed by atoms with Crippen molar-refractivity contribution < 1.29 is 18.7 Å². The number of rotatable bonds is 6. The zero-order chi connectivity index (χ0) is 20.2. The summed E-state index contributed by atoms with van der Waals surface area (Å²) >= 11 is 1.40. The van der Waals surface area contributed by atoms with Gasteiger partial charge in [-0.3, -0.25) is 4.79 Å². The lowest BCUT2D eigenvalue weighted by atomic mass is 10.0. The van der Waals surface area contributed by atoms with Crippen LogP contribution in [0.15, 0.2) is 18.2 Å². The number of alkyl carbamates (subject to hydrolysis) is 1. The molecule has 0 aliphatic heterocycles. The Morgan fingerprint density at radius 1 is 1.30 bits per heavy atom. The molecule has 1 aromatic carbocycles. The Morgan fingerprint density at radius 2 is 2.00 bits per heavy atom. The topological polar surface area (TPSA) is 80.3 Å². The number of carbonyl (C=O) groups is 2. The highest BCUT2D eigenvalue weighted by atomic mass is 32.1. The zero-order valence-corrected chi connectivity index (χ0v) is 17.1. The first-order valence-corrected chi connectivity index (χ1v) is 9.69. The minimum Gasteiger partial charge on any atom is -0.444 e. The Morgan fingerprint density at radius 3 is 2.63 bits per heavy atom. The monoisotopic (exact) mass is 395 g/mol. The Hall–Kier alpha value is -2.22. The van der Waals surface area contributed by atoms with Gasteiger partial charge in [0, 0.05) is 13.0 Å². The van der Waals surface area contributed by atoms with Gasteiger partial charge in [-0.25, -0.2) is 14.2 Å². The summed E-state index contributed by atoms with van der Waals surface area (Å²) in [6.45, 7) is 9.37. The zero-order valence-electron chi connectivity index (χ0n) is 16.3. The largest absolute Gasteiger partial charge is 0.444 e. The second-order valence-electron chi connectivity index (χ2n) is 7.63. The highest BCUT2D eigenvalue weighted by Crippen LogP contribution is 2.23. The normalized spacial score (nSPS) is 12.9. The van der Waals surface area contributed by atoms with E-state index < -0.39 is 17.7 Å². The first-order valence-electron chi connectivity index (χ1n) is 8.87. The molecule has 0 aliphatic carbocycles. The SMILES string of the molecule is CC(C)[C@H](NC(=O)OC(C)(C)C)C(=O)NCCc1nc2ccc(F)cc2s1. The van der Waals surface area contributed by atoms with E-state index in [4.69, 9.17) is 4.74 Å². The highest BCUT2D eigenvalue weighted by molar-refractivity contribution is 7.18. The standard InChI is InChI=1S/C19H26FN3O3S/c1-11(2)16(23-18(25)26-19(3,4)5)17(24)21-9-8-15-22-13-7-6-12(20)10-14(13)27-15/h6-7,10-11,16H,8-9H2,1-5H3,(H,21,24)(H,23,25)/t16-/m0/s1. The fourth-order valence-corrected chi connectivity index (χ4v) is 3.42. The smallest absolute Gasteiger partial charge is 0.408 e. The van der Waals surface area contributed by atoms with Crippen molar-refractivity contribution in [1.29, 1.82) is 0 Å². The van der Waals surface area contributed by atoms with Crippen molar-refractivity contribution in [3.8, 4) is 0 Å². The Balaban J connectivity index is 1.90. The Bertz CT molecular complexity index is 814. The number of nitrogens with zero attached hydrogens (tertiary/aromatic N) is 1. The molecule has 0 bridgehead atoms. The average Bonchev–Trinajstić information content (AvgIpc) is 2.92. The molecule has 0 spiro atoms. The van der Waals surface area contributed by atoms with Gasteiger partial charge in [0.2, 0.25) is 5.91 Å². The third kappa shape index (κ3) is 6.46. The summed E-state index contributed by atoms with van der Waals surface area (Å²) in [6.07, 6.45) is -0.0891. The van der Waals surface area contributed by atoms with E-state index in [0.29, 0.717) is 13.0 Å². The van der Waals surface area contributed by atoms with Crippen molar-refractivity contribution in [2.24, 2.45) is 5.92 Å². The molecule has 6 nitrogen and oxygen atoms in total. The lowest BCUT2D eigenvalue weighted by Crippen LogP contribution is -2.51. The minimum absolute atomic E-state index is 0.0945. The maximum absolute atomic E-state index is 13.3. The number of nitrogens with one attached hydrogen (secondary N) is 2. The van der Waals surface area contributed by atoms with E-state index in [1.807, 2.05) is 13.8 Å². The van der Waals surface area contributed by atoms with Crippen molar-refractivity contribution >= 4 is 33.6 Å². The molecule has 0 fully saturated rings. The quantitative estimate of drug-likeness (QED) is 0.782. The van der Waals surface area contributed by atoms with Crippen LogP contribution >= 0.6 is 11.3 Å². The molecule has 0 saturated heterocycles. The number of thiazole rings is 1. The van der Waals surface area contributed by atoms with E-state index in [0.717, 1.165) is 15.2 Å². The summed E-state index contributed by atoms with van der Waals surface area (Å²) in [4.78, 5) is 28.8. The molecule has 2 amide bonds. The van der Waals surface area contributed by atoms with Crippen molar-refractivity contribution in [3.63, 3.8) is 0 Å². The fraction of sp³-hybridized carbons (Fsp3) is 0.526. The highest BCUT2D eigenvalue weighted by Gasteiger charge is 2.26. The van der Waals surface area contributed by atoms with Crippen molar-refractivity contribution in [1.82, 2.24) is 15.6 Å². The van der Waals surface area contributed by atoms with Crippen LogP contribution in [0.2, 0.25) is 0 Å². The van der Waals surface area contributed by atoms with Gasteiger partial charge in [-0.05, 0) is 44.9 Å². The number of hydrogen-bond acceptors (Lipinski definition) is 5. The van der Waals surface area contributed by atoms with Gasteiger partial charge < -0.3 is 15.4 Å². The number of carbonyl (C=O) groups excluding carboxylic acids is 2. The predicted octanol–water partition coefficient (Wildman–Crippen LogP) is 3.64. The maximum atomic E-state index is 13.3. The molecule has 0 radical (unpaired) electrons. The number of amides is 2. The van der Waals surface area contributed by atoms with Crippen LogP contribution in [0.25, 0.3) is 10.2 Å². The van der Waals surface area contributed by atoms with Crippen LogP contribution in [-0.2, 0) is 16.0 Å². The molecule has 2 aromatic rings. The summed E-state index contributed by atoms with van der Waals surface area (Å²) in [5, 5.41) is 6.26. The molecule has 1 heterocycles. The molecule has 8 heteroatoms. The molecule has 1 atom stereocenters. The summed E-state index contributed by atoms with van der Waals surface area (Å²) < 4.78 is 19.2. The summed E-state index contributed by atoms with van der Waals surface area (Å²) in [5.74, 6) is -0.662. The van der Waals surface area contributed by atoms with E-state index in [2.05, 4.69) is 15.6 Å². The van der Waals surface area contributed by atoms with Crippen molar-refractivity contribution in [2.75, 3.05) is 6.54 Å². The molecule has 0 aliphatic rings. The van der Waals surface area contributed by atoms with Gasteiger partial charge in [-0.1, -0.05) is 13.8 Å². The van der Waals surface area contributed by atoms with Gasteiger partial charge in [-0.15, -0.1) is 11.3 Å². The van der Waals surface area contributed by atoms with Crippen LogP contribution in [0.5, 0.6) is 0 Å². The van der Waals surface area contributed by atoms with Gasteiger partial charge in [0.05, 0.1) is 15.2 Å². The van der Waals surface area contributed by atoms with E-state index in [1.165, 1.54) is 23.5 Å². The predicted molar refractivity (Wildman–Crippen MR) is 104 cm³/mol. The lowest BCUT2D eigenvalue weighted by molar-refractivity contribution is -0.124. The van der Waals surface area contributed by atoms with Crippen LogP contribution < -0.4 is 10.6 Å². The third-order valence-corrected chi connectivity index (χ3v) is 4.73. The van der Waals surface area contributed by atoms with Gasteiger partial charge in [-0.2, -0.15) is 0 Å². The summed E-state index contributed by atoms with van der Waals surface area (Å²) in [7, 11) is 0. The van der Waals surface area contributed by atoms with Crippen molar-refractivity contribution in [2.45, 2.75) is 52.7 Å². The Kier molecular flexibility index (Phi) is 6.75. The van der Waals surface area contributed by atoms with Crippen molar-refractivity contribution in [3.05, 3.63) is 29.0 Å². The third-order valence-electron chi connectivity index (χ3n) is 3.65. The lowest BCUT2D eigenvalue weighted by Gasteiger charge is -2.25. The van der Waals surface area contributed by atoms with E-state index in [1.54, 1.807) is 26.8 Å². The molecule has 27 heavy (non-hydrogen) atoms. The number of fused-ring (bicyclic) bond motifs is 1. The first kappa shape index (κ1) is 21.1. The van der Waals surface area contributed by atoms with Gasteiger partial charge in [0.25, 0.3) is 0 Å². The summed E-state index contributed by atoms with van der Waals surface area (Å²) in [6, 6.07) is 3.78. The molecule has 1 aromatic heterocycles. The fourth-order valence-electron chi connectivity index (χ4n) is 2.43. The Labute approximate surface area is 162 Å². The number of ether oxygens (including phenoxy) is 1. The second-order valence-corrected chi connectivity index (χ2v) is 8.74. The van der Waals surface area contributed by atoms with E-state index in [-0.39, 0.29) is 17.6 Å². The van der Waals surface area contributed by atoms with E-state index in [9.17, 15) is 14.0 Å². The van der Waals surface area contributed by atoms with Crippen LogP contribution in [-0.4, -0.2) is 35.2 Å². The first-order chi connectivity index (χ1) is 12.5. The molecule has 2 rings (SSSR count). The van der Waals surface area contributed by atoms with Crippen LogP contribution in [0.3, 0.4) is 0 Å². The molecule has 148 valence electrons. The number of aromatic nitrogens is 1. The number of hydrogen-bond donors (Lipinski definition) is 2. The van der Waals surface area contributed by atoms with Gasteiger partial charge >= 0.3 is 6.09 Å². The van der Waals surface area contributed by atoms with Crippen LogP contribution in [0.1, 0.15) is 39.6 Å². The second kappa shape index (κ2) is 8.65. The van der Waals surface area contributed by atoms with Crippen LogP contribution in [0.4, 0.5) is 9.18 Å². The molecule has 0 saturated carbocycles. The van der Waals surface area contributed by atoms with Gasteiger partial charge in [0.1, 0.15) is 17.5 Å².